The lowest BCUT2D eigenvalue weighted by molar-refractivity contribution is 0.164. The molecule has 0 aliphatic carbocycles. The number of halogens is 1. The van der Waals surface area contributed by atoms with Gasteiger partial charge in [-0.1, -0.05) is 40.2 Å². The van der Waals surface area contributed by atoms with Crippen LogP contribution in [0, 0.1) is 6.92 Å². The summed E-state index contributed by atoms with van der Waals surface area (Å²) in [4.78, 5) is 9.01. The fourth-order valence-electron chi connectivity index (χ4n) is 3.16. The molecular formula is C18H21ClN6OS. The zero-order valence-corrected chi connectivity index (χ0v) is 16.9. The van der Waals surface area contributed by atoms with E-state index in [9.17, 15) is 0 Å². The van der Waals surface area contributed by atoms with E-state index in [2.05, 4.69) is 37.1 Å². The largest absolute Gasteiger partial charge is 0.344 e. The highest BCUT2D eigenvalue weighted by Crippen LogP contribution is 2.26. The highest BCUT2D eigenvalue weighted by Gasteiger charge is 2.26. The maximum Gasteiger partial charge on any atom is 0.243 e. The number of benzene rings is 1. The Hall–Kier alpha value is -2.03. The van der Waals surface area contributed by atoms with E-state index in [1.165, 1.54) is 5.56 Å². The third kappa shape index (κ3) is 4.28. The minimum Gasteiger partial charge on any atom is -0.344 e. The molecule has 2 aromatic heterocycles. The predicted octanol–water partition coefficient (Wildman–Crippen LogP) is 3.36. The maximum absolute atomic E-state index is 5.95. The van der Waals surface area contributed by atoms with Crippen molar-refractivity contribution in [2.24, 2.45) is 0 Å². The summed E-state index contributed by atoms with van der Waals surface area (Å²) in [5, 5.41) is 15.4. The molecule has 1 aromatic carbocycles. The summed E-state index contributed by atoms with van der Waals surface area (Å²) in [6.45, 7) is 7.62. The monoisotopic (exact) mass is 404 g/mol. The van der Waals surface area contributed by atoms with Crippen LogP contribution in [0.5, 0.6) is 0 Å². The lowest BCUT2D eigenvalue weighted by atomic mass is 10.2. The number of piperazine rings is 1. The Labute approximate surface area is 167 Å². The SMILES string of the molecule is Cc1noc(C(C)N2CCN(c3nnc(Cc4ccc(Cl)cc4)s3)CC2)n1. The van der Waals surface area contributed by atoms with E-state index >= 15 is 0 Å². The fraction of sp³-hybridized carbons (Fsp3) is 0.444. The Bertz CT molecular complexity index is 887. The van der Waals surface area contributed by atoms with Gasteiger partial charge in [-0.3, -0.25) is 4.90 Å². The van der Waals surface area contributed by atoms with Gasteiger partial charge >= 0.3 is 0 Å². The third-order valence-corrected chi connectivity index (χ3v) is 5.99. The Morgan fingerprint density at radius 1 is 1.15 bits per heavy atom. The summed E-state index contributed by atoms with van der Waals surface area (Å²) < 4.78 is 5.31. The highest BCUT2D eigenvalue weighted by atomic mass is 35.5. The Kier molecular flexibility index (Phi) is 5.38. The molecule has 4 rings (SSSR count). The number of nitrogens with zero attached hydrogens (tertiary/aromatic N) is 6. The standard InChI is InChI=1S/C18H21ClN6OS/c1-12(17-20-13(2)23-26-17)24-7-9-25(10-8-24)18-22-21-16(27-18)11-14-3-5-15(19)6-4-14/h3-6,12H,7-11H2,1-2H3. The second-order valence-corrected chi connectivity index (χ2v) is 8.14. The molecule has 9 heteroatoms. The molecular weight excluding hydrogens is 384 g/mol. The summed E-state index contributed by atoms with van der Waals surface area (Å²) in [6.07, 6.45) is 0.780. The minimum atomic E-state index is 0.128. The van der Waals surface area contributed by atoms with Gasteiger partial charge in [-0.2, -0.15) is 4.98 Å². The molecule has 1 saturated heterocycles. The van der Waals surface area contributed by atoms with Crippen molar-refractivity contribution in [1.29, 1.82) is 0 Å². The number of hydrogen-bond acceptors (Lipinski definition) is 8. The Balaban J connectivity index is 1.34. The van der Waals surface area contributed by atoms with Crippen molar-refractivity contribution in [3.8, 4) is 0 Å². The van der Waals surface area contributed by atoms with Crippen molar-refractivity contribution in [1.82, 2.24) is 25.2 Å². The summed E-state index contributed by atoms with van der Waals surface area (Å²) in [5.74, 6) is 1.36. The van der Waals surface area contributed by atoms with Crippen LogP contribution in [0.4, 0.5) is 5.13 Å². The van der Waals surface area contributed by atoms with E-state index in [1.807, 2.05) is 31.2 Å². The van der Waals surface area contributed by atoms with Gasteiger partial charge in [0.25, 0.3) is 0 Å². The van der Waals surface area contributed by atoms with Crippen LogP contribution in [0.2, 0.25) is 5.02 Å². The van der Waals surface area contributed by atoms with Crippen molar-refractivity contribution in [2.45, 2.75) is 26.3 Å². The first-order valence-electron chi connectivity index (χ1n) is 8.94. The molecule has 1 fully saturated rings. The number of aromatic nitrogens is 4. The number of hydrogen-bond donors (Lipinski definition) is 0. The van der Waals surface area contributed by atoms with Gasteiger partial charge in [0.05, 0.1) is 6.04 Å². The molecule has 0 saturated carbocycles. The van der Waals surface area contributed by atoms with Crippen LogP contribution < -0.4 is 4.90 Å². The zero-order valence-electron chi connectivity index (χ0n) is 15.3. The Morgan fingerprint density at radius 2 is 1.89 bits per heavy atom. The zero-order chi connectivity index (χ0) is 18.8. The molecule has 3 aromatic rings. The van der Waals surface area contributed by atoms with Crippen molar-refractivity contribution in [2.75, 3.05) is 31.1 Å². The number of aryl methyl sites for hydroxylation is 1. The van der Waals surface area contributed by atoms with Gasteiger partial charge in [0.2, 0.25) is 11.0 Å². The van der Waals surface area contributed by atoms with Gasteiger partial charge in [0.1, 0.15) is 5.01 Å². The quantitative estimate of drug-likeness (QED) is 0.645. The van der Waals surface area contributed by atoms with Gasteiger partial charge in [0, 0.05) is 37.6 Å². The van der Waals surface area contributed by atoms with E-state index in [1.54, 1.807) is 11.3 Å². The molecule has 7 nitrogen and oxygen atoms in total. The van der Waals surface area contributed by atoms with Crippen LogP contribution >= 0.6 is 22.9 Å². The first-order chi connectivity index (χ1) is 13.1. The number of anilines is 1. The van der Waals surface area contributed by atoms with Gasteiger partial charge in [0.15, 0.2) is 5.82 Å². The van der Waals surface area contributed by atoms with Gasteiger partial charge in [-0.25, -0.2) is 0 Å². The molecule has 1 aliphatic heterocycles. The normalized spacial score (nSPS) is 16.6. The van der Waals surface area contributed by atoms with E-state index in [-0.39, 0.29) is 6.04 Å². The average molecular weight is 405 g/mol. The Morgan fingerprint density at radius 3 is 2.56 bits per heavy atom. The first-order valence-corrected chi connectivity index (χ1v) is 10.1. The molecule has 0 spiro atoms. The molecule has 142 valence electrons. The van der Waals surface area contributed by atoms with Crippen molar-refractivity contribution >= 4 is 28.1 Å². The lowest BCUT2D eigenvalue weighted by Gasteiger charge is -2.36. The van der Waals surface area contributed by atoms with Crippen molar-refractivity contribution in [3.63, 3.8) is 0 Å². The lowest BCUT2D eigenvalue weighted by Crippen LogP contribution is -2.47. The smallest absolute Gasteiger partial charge is 0.243 e. The molecule has 3 heterocycles. The average Bonchev–Trinajstić information content (AvgIpc) is 3.32. The second kappa shape index (κ2) is 7.92. The molecule has 1 atom stereocenters. The topological polar surface area (TPSA) is 71.2 Å². The van der Waals surface area contributed by atoms with E-state index in [0.717, 1.165) is 47.8 Å². The summed E-state index contributed by atoms with van der Waals surface area (Å²) in [5.41, 5.74) is 1.19. The van der Waals surface area contributed by atoms with E-state index < -0.39 is 0 Å². The van der Waals surface area contributed by atoms with Gasteiger partial charge in [-0.05, 0) is 31.5 Å². The molecule has 1 unspecified atom stereocenters. The van der Waals surface area contributed by atoms with Gasteiger partial charge in [-0.15, -0.1) is 10.2 Å². The third-order valence-electron chi connectivity index (χ3n) is 4.76. The molecule has 27 heavy (non-hydrogen) atoms. The van der Waals surface area contributed by atoms with Gasteiger partial charge < -0.3 is 9.42 Å². The highest BCUT2D eigenvalue weighted by molar-refractivity contribution is 7.15. The van der Waals surface area contributed by atoms with Crippen LogP contribution in [0.25, 0.3) is 0 Å². The molecule has 0 N–H and O–H groups in total. The first kappa shape index (κ1) is 18.3. The van der Waals surface area contributed by atoms with Crippen LogP contribution in [-0.4, -0.2) is 51.4 Å². The summed E-state index contributed by atoms with van der Waals surface area (Å²) >= 11 is 7.60. The minimum absolute atomic E-state index is 0.128. The molecule has 0 amide bonds. The summed E-state index contributed by atoms with van der Waals surface area (Å²) in [7, 11) is 0. The molecule has 0 radical (unpaired) electrons. The van der Waals surface area contributed by atoms with Crippen LogP contribution in [0.15, 0.2) is 28.8 Å². The van der Waals surface area contributed by atoms with E-state index in [0.29, 0.717) is 11.7 Å². The van der Waals surface area contributed by atoms with Crippen LogP contribution in [0.1, 0.15) is 35.3 Å². The van der Waals surface area contributed by atoms with E-state index in [4.69, 9.17) is 16.1 Å². The van der Waals surface area contributed by atoms with Crippen molar-refractivity contribution in [3.05, 3.63) is 51.6 Å². The molecule has 0 bridgehead atoms. The second-order valence-electron chi connectivity index (χ2n) is 6.66. The van der Waals surface area contributed by atoms with Crippen LogP contribution in [-0.2, 0) is 6.42 Å². The maximum atomic E-state index is 5.95. The number of rotatable bonds is 5. The fourth-order valence-corrected chi connectivity index (χ4v) is 4.21. The van der Waals surface area contributed by atoms with Crippen LogP contribution in [0.3, 0.4) is 0 Å². The predicted molar refractivity (Wildman–Crippen MR) is 105 cm³/mol. The molecule has 1 aliphatic rings. The summed E-state index contributed by atoms with van der Waals surface area (Å²) in [6, 6.07) is 8.00. The van der Waals surface area contributed by atoms with Crippen molar-refractivity contribution < 1.29 is 4.52 Å².